The quantitative estimate of drug-likeness (QED) is 0.755. The van der Waals surface area contributed by atoms with Gasteiger partial charge in [-0.1, -0.05) is 35.5 Å². The lowest BCUT2D eigenvalue weighted by molar-refractivity contribution is -0.116. The molecule has 2 aromatic heterocycles. The van der Waals surface area contributed by atoms with E-state index in [1.807, 2.05) is 30.3 Å². The highest BCUT2D eigenvalue weighted by atomic mass is 16.5. The van der Waals surface area contributed by atoms with E-state index < -0.39 is 0 Å². The molecule has 0 aliphatic carbocycles. The fraction of sp³-hybridized carbons (Fsp3) is 0.250. The van der Waals surface area contributed by atoms with Crippen molar-refractivity contribution in [1.29, 1.82) is 0 Å². The lowest BCUT2D eigenvalue weighted by atomic mass is 10.2. The highest BCUT2D eigenvalue weighted by molar-refractivity contribution is 5.89. The zero-order valence-electron chi connectivity index (χ0n) is 12.8. The van der Waals surface area contributed by atoms with Gasteiger partial charge in [-0.25, -0.2) is 0 Å². The molecule has 23 heavy (non-hydrogen) atoms. The molecule has 0 spiro atoms. The molecule has 1 aromatic carbocycles. The molecule has 0 bridgehead atoms. The molecule has 3 aromatic rings. The van der Waals surface area contributed by atoms with Crippen molar-refractivity contribution in [2.75, 3.05) is 5.32 Å². The third-order valence-electron chi connectivity index (χ3n) is 3.28. The molecule has 7 nitrogen and oxygen atoms in total. The van der Waals surface area contributed by atoms with Crippen LogP contribution in [0.2, 0.25) is 0 Å². The number of aryl methyl sites for hydroxylation is 2. The van der Waals surface area contributed by atoms with Crippen LogP contribution in [0.3, 0.4) is 0 Å². The van der Waals surface area contributed by atoms with Gasteiger partial charge in [0.25, 0.3) is 0 Å². The van der Waals surface area contributed by atoms with Crippen LogP contribution in [0.15, 0.2) is 47.1 Å². The maximum absolute atomic E-state index is 11.8. The Hall–Kier alpha value is -2.96. The van der Waals surface area contributed by atoms with Gasteiger partial charge in [0.1, 0.15) is 0 Å². The van der Waals surface area contributed by atoms with E-state index >= 15 is 0 Å². The Labute approximate surface area is 133 Å². The van der Waals surface area contributed by atoms with Crippen LogP contribution >= 0.6 is 0 Å². The normalized spacial score (nSPS) is 10.7. The second-order valence-corrected chi connectivity index (χ2v) is 5.15. The Morgan fingerprint density at radius 1 is 1.26 bits per heavy atom. The summed E-state index contributed by atoms with van der Waals surface area (Å²) in [6.45, 7) is 0. The molecule has 0 saturated heterocycles. The zero-order chi connectivity index (χ0) is 16.1. The standard InChI is InChI=1S/C16H17N5O2/c1-21-11-10-13(19-21)17-14(22)8-5-9-15-18-16(20-23-15)12-6-3-2-4-7-12/h2-4,6-7,10-11H,5,8-9H2,1H3,(H,17,19,22). The highest BCUT2D eigenvalue weighted by Crippen LogP contribution is 2.15. The number of nitrogens with one attached hydrogen (secondary N) is 1. The van der Waals surface area contributed by atoms with Crippen molar-refractivity contribution >= 4 is 11.7 Å². The van der Waals surface area contributed by atoms with Gasteiger partial charge in [-0.15, -0.1) is 0 Å². The van der Waals surface area contributed by atoms with E-state index in [4.69, 9.17) is 4.52 Å². The van der Waals surface area contributed by atoms with Gasteiger partial charge in [0.15, 0.2) is 5.82 Å². The van der Waals surface area contributed by atoms with Gasteiger partial charge in [-0.2, -0.15) is 10.1 Å². The summed E-state index contributed by atoms with van der Waals surface area (Å²) >= 11 is 0. The van der Waals surface area contributed by atoms with Crippen LogP contribution in [-0.2, 0) is 18.3 Å². The number of amides is 1. The van der Waals surface area contributed by atoms with Crippen LogP contribution in [0.25, 0.3) is 11.4 Å². The Bertz CT molecular complexity index is 779. The molecule has 1 N–H and O–H groups in total. The molecule has 0 unspecified atom stereocenters. The van der Waals surface area contributed by atoms with E-state index in [-0.39, 0.29) is 5.91 Å². The average molecular weight is 311 g/mol. The van der Waals surface area contributed by atoms with Gasteiger partial charge in [-0.3, -0.25) is 9.48 Å². The average Bonchev–Trinajstić information content (AvgIpc) is 3.17. The fourth-order valence-electron chi connectivity index (χ4n) is 2.15. The van der Waals surface area contributed by atoms with Gasteiger partial charge >= 0.3 is 0 Å². The highest BCUT2D eigenvalue weighted by Gasteiger charge is 2.10. The molecule has 118 valence electrons. The van der Waals surface area contributed by atoms with E-state index in [0.29, 0.717) is 36.8 Å². The van der Waals surface area contributed by atoms with Crippen molar-refractivity contribution < 1.29 is 9.32 Å². The van der Waals surface area contributed by atoms with E-state index in [9.17, 15) is 4.79 Å². The summed E-state index contributed by atoms with van der Waals surface area (Å²) in [6, 6.07) is 11.4. The summed E-state index contributed by atoms with van der Waals surface area (Å²) < 4.78 is 6.85. The third kappa shape index (κ3) is 4.03. The largest absolute Gasteiger partial charge is 0.339 e. The van der Waals surface area contributed by atoms with Crippen molar-refractivity contribution in [2.24, 2.45) is 7.05 Å². The van der Waals surface area contributed by atoms with Gasteiger partial charge in [0.2, 0.25) is 17.6 Å². The van der Waals surface area contributed by atoms with E-state index in [1.165, 1.54) is 0 Å². The van der Waals surface area contributed by atoms with E-state index in [0.717, 1.165) is 5.56 Å². The Balaban J connectivity index is 1.47. The van der Waals surface area contributed by atoms with Crippen molar-refractivity contribution in [2.45, 2.75) is 19.3 Å². The lowest BCUT2D eigenvalue weighted by Gasteiger charge is -2.00. The molecule has 7 heteroatoms. The van der Waals surface area contributed by atoms with Crippen LogP contribution in [0.1, 0.15) is 18.7 Å². The Morgan fingerprint density at radius 2 is 2.09 bits per heavy atom. The summed E-state index contributed by atoms with van der Waals surface area (Å²) in [7, 11) is 1.80. The first-order valence-corrected chi connectivity index (χ1v) is 7.38. The van der Waals surface area contributed by atoms with Crippen molar-refractivity contribution in [3.63, 3.8) is 0 Å². The van der Waals surface area contributed by atoms with Crippen LogP contribution in [0, 0.1) is 0 Å². The topological polar surface area (TPSA) is 85.8 Å². The number of aromatic nitrogens is 4. The van der Waals surface area contributed by atoms with Gasteiger partial charge in [0, 0.05) is 37.7 Å². The van der Waals surface area contributed by atoms with Crippen molar-refractivity contribution in [1.82, 2.24) is 19.9 Å². The molecule has 0 aliphatic rings. The molecular weight excluding hydrogens is 294 g/mol. The molecule has 3 rings (SSSR count). The van der Waals surface area contributed by atoms with Crippen molar-refractivity contribution in [3.8, 4) is 11.4 Å². The second-order valence-electron chi connectivity index (χ2n) is 5.15. The fourth-order valence-corrected chi connectivity index (χ4v) is 2.15. The maximum atomic E-state index is 11.8. The Kier molecular flexibility index (Phi) is 4.46. The number of rotatable bonds is 6. The third-order valence-corrected chi connectivity index (χ3v) is 3.28. The van der Waals surface area contributed by atoms with Crippen LogP contribution in [-0.4, -0.2) is 25.8 Å². The molecule has 0 saturated carbocycles. The number of nitrogens with zero attached hydrogens (tertiary/aromatic N) is 4. The summed E-state index contributed by atoms with van der Waals surface area (Å²) in [4.78, 5) is 16.2. The minimum absolute atomic E-state index is 0.0773. The minimum Gasteiger partial charge on any atom is -0.339 e. The van der Waals surface area contributed by atoms with E-state index in [1.54, 1.807) is 24.0 Å². The second kappa shape index (κ2) is 6.87. The molecule has 0 radical (unpaired) electrons. The molecule has 0 atom stereocenters. The minimum atomic E-state index is -0.0773. The van der Waals surface area contributed by atoms with Crippen molar-refractivity contribution in [3.05, 3.63) is 48.5 Å². The first-order valence-electron chi connectivity index (χ1n) is 7.38. The van der Waals surface area contributed by atoms with Crippen LogP contribution in [0.5, 0.6) is 0 Å². The maximum Gasteiger partial charge on any atom is 0.226 e. The molecule has 0 aliphatic heterocycles. The number of benzene rings is 1. The predicted molar refractivity (Wildman–Crippen MR) is 84.5 cm³/mol. The van der Waals surface area contributed by atoms with Gasteiger partial charge < -0.3 is 9.84 Å². The monoisotopic (exact) mass is 311 g/mol. The number of anilines is 1. The van der Waals surface area contributed by atoms with E-state index in [2.05, 4.69) is 20.6 Å². The SMILES string of the molecule is Cn1ccc(NC(=O)CCCc2nc(-c3ccccc3)no2)n1. The first kappa shape index (κ1) is 15.0. The lowest BCUT2D eigenvalue weighted by Crippen LogP contribution is -2.12. The first-order chi connectivity index (χ1) is 11.2. The molecule has 0 fully saturated rings. The molecular formula is C16H17N5O2. The summed E-state index contributed by atoms with van der Waals surface area (Å²) in [6.07, 6.45) is 3.35. The predicted octanol–water partition coefficient (Wildman–Crippen LogP) is 2.43. The zero-order valence-corrected chi connectivity index (χ0v) is 12.8. The van der Waals surface area contributed by atoms with Gasteiger partial charge in [-0.05, 0) is 6.42 Å². The molecule has 1 amide bonds. The number of hydrogen-bond donors (Lipinski definition) is 1. The summed E-state index contributed by atoms with van der Waals surface area (Å²) in [5.41, 5.74) is 0.912. The van der Waals surface area contributed by atoms with Crippen LogP contribution < -0.4 is 5.32 Å². The summed E-state index contributed by atoms with van der Waals surface area (Å²) in [5.74, 6) is 1.58. The van der Waals surface area contributed by atoms with Gasteiger partial charge in [0.05, 0.1) is 0 Å². The summed E-state index contributed by atoms with van der Waals surface area (Å²) in [5, 5.41) is 10.8. The van der Waals surface area contributed by atoms with Crippen LogP contribution in [0.4, 0.5) is 5.82 Å². The molecule has 2 heterocycles. The number of hydrogen-bond acceptors (Lipinski definition) is 5. The smallest absolute Gasteiger partial charge is 0.226 e. The number of carbonyl (C=O) groups excluding carboxylic acids is 1. The number of carbonyl (C=O) groups is 1. The Morgan fingerprint density at radius 3 is 2.83 bits per heavy atom.